The Morgan fingerprint density at radius 3 is 1.22 bits per heavy atom. The van der Waals surface area contributed by atoms with Gasteiger partial charge in [-0.05, 0) is 48.5 Å². The highest BCUT2D eigenvalue weighted by Crippen LogP contribution is 2.32. The van der Waals surface area contributed by atoms with E-state index in [1.165, 1.54) is 0 Å². The largest absolute Gasteiger partial charge is 0.508 e. The lowest BCUT2D eigenvalue weighted by atomic mass is 9.98. The number of carbonyl (C=O) groups excluding carboxylic acids is 1. The summed E-state index contributed by atoms with van der Waals surface area (Å²) in [7, 11) is 0. The molecule has 0 aliphatic carbocycles. The van der Waals surface area contributed by atoms with Gasteiger partial charge >= 0.3 is 0 Å². The van der Waals surface area contributed by atoms with Gasteiger partial charge in [0.1, 0.15) is 34.3 Å². The minimum atomic E-state index is -0.378. The topological polar surface area (TPSA) is 109 Å². The molecule has 0 atom stereocenters. The molecule has 0 spiro atoms. The molecule has 0 unspecified atom stereocenters. The molecule has 4 aromatic carbocycles. The van der Waals surface area contributed by atoms with Crippen LogP contribution < -0.4 is 0 Å². The van der Waals surface area contributed by atoms with Gasteiger partial charge in [0.15, 0.2) is 0 Å². The minimum absolute atomic E-state index is 0.156. The SMILES string of the molecule is O=C(c1nnc(-c2ccc(O)cc2)c2ccccc12)c1nnc(-c2ccc(O)cc2)c2ccccc12. The summed E-state index contributed by atoms with van der Waals surface area (Å²) < 4.78 is 0. The van der Waals surface area contributed by atoms with Crippen molar-refractivity contribution in [3.8, 4) is 34.0 Å². The number of ketones is 1. The Balaban J connectivity index is 1.51. The van der Waals surface area contributed by atoms with Crippen LogP contribution in [0, 0.1) is 0 Å². The van der Waals surface area contributed by atoms with Crippen molar-refractivity contribution in [1.82, 2.24) is 20.4 Å². The van der Waals surface area contributed by atoms with Crippen LogP contribution in [0.15, 0.2) is 97.1 Å². The van der Waals surface area contributed by atoms with Gasteiger partial charge in [0.25, 0.3) is 0 Å². The minimum Gasteiger partial charge on any atom is -0.508 e. The second-order valence-electron chi connectivity index (χ2n) is 8.31. The molecule has 0 amide bonds. The number of nitrogens with zero attached hydrogens (tertiary/aromatic N) is 4. The van der Waals surface area contributed by atoms with Crippen LogP contribution in [0.1, 0.15) is 16.2 Å². The zero-order valence-corrected chi connectivity index (χ0v) is 18.8. The molecule has 2 aromatic heterocycles. The second-order valence-corrected chi connectivity index (χ2v) is 8.31. The number of benzene rings is 4. The standard InChI is InChI=1S/C29H18N4O3/c34-19-13-9-17(10-14-19)25-21-5-1-3-7-23(21)27(32-30-25)29(36)28-24-8-4-2-6-22(24)26(31-33-28)18-11-15-20(35)16-12-18/h1-16,34-35H. The molecule has 36 heavy (non-hydrogen) atoms. The van der Waals surface area contributed by atoms with Crippen LogP contribution in [0.2, 0.25) is 0 Å². The molecule has 172 valence electrons. The van der Waals surface area contributed by atoms with Crippen molar-refractivity contribution < 1.29 is 15.0 Å². The van der Waals surface area contributed by atoms with E-state index in [0.29, 0.717) is 22.2 Å². The van der Waals surface area contributed by atoms with Gasteiger partial charge in [-0.25, -0.2) is 0 Å². The van der Waals surface area contributed by atoms with Gasteiger partial charge in [0, 0.05) is 32.7 Å². The van der Waals surface area contributed by atoms with Crippen molar-refractivity contribution in [2.75, 3.05) is 0 Å². The number of hydrogen-bond acceptors (Lipinski definition) is 7. The summed E-state index contributed by atoms with van der Waals surface area (Å²) in [6.07, 6.45) is 0. The molecule has 6 aromatic rings. The van der Waals surface area contributed by atoms with E-state index >= 15 is 0 Å². The number of fused-ring (bicyclic) bond motifs is 2. The number of rotatable bonds is 4. The third kappa shape index (κ3) is 3.59. The number of phenols is 2. The molecule has 0 saturated carbocycles. The summed E-state index contributed by atoms with van der Waals surface area (Å²) in [5.41, 5.74) is 3.15. The first-order valence-corrected chi connectivity index (χ1v) is 11.2. The Hall–Kier alpha value is -5.17. The number of aromatic hydroxyl groups is 2. The monoisotopic (exact) mass is 470 g/mol. The molecular weight excluding hydrogens is 452 g/mol. The predicted molar refractivity (Wildman–Crippen MR) is 137 cm³/mol. The maximum Gasteiger partial charge on any atom is 0.234 e. The highest BCUT2D eigenvalue weighted by atomic mass is 16.3. The Morgan fingerprint density at radius 2 is 0.833 bits per heavy atom. The normalized spacial score (nSPS) is 11.1. The quantitative estimate of drug-likeness (QED) is 0.325. The van der Waals surface area contributed by atoms with E-state index in [1.807, 2.05) is 48.5 Å². The number of phenolic OH excluding ortho intramolecular Hbond substituents is 2. The van der Waals surface area contributed by atoms with E-state index in [9.17, 15) is 15.0 Å². The van der Waals surface area contributed by atoms with Crippen LogP contribution in [0.25, 0.3) is 44.1 Å². The number of carbonyl (C=O) groups is 1. The van der Waals surface area contributed by atoms with Crippen LogP contribution in [-0.2, 0) is 0 Å². The van der Waals surface area contributed by atoms with E-state index in [-0.39, 0.29) is 28.7 Å². The summed E-state index contributed by atoms with van der Waals surface area (Å²) >= 11 is 0. The molecule has 2 N–H and O–H groups in total. The third-order valence-corrected chi connectivity index (χ3v) is 6.09. The molecule has 0 radical (unpaired) electrons. The van der Waals surface area contributed by atoms with E-state index < -0.39 is 0 Å². The Labute approximate surface area is 205 Å². The van der Waals surface area contributed by atoms with Crippen molar-refractivity contribution in [2.24, 2.45) is 0 Å². The summed E-state index contributed by atoms with van der Waals surface area (Å²) in [4.78, 5) is 13.8. The highest BCUT2D eigenvalue weighted by molar-refractivity contribution is 6.20. The highest BCUT2D eigenvalue weighted by Gasteiger charge is 2.23. The molecular formula is C29H18N4O3. The molecule has 7 heteroatoms. The zero-order valence-electron chi connectivity index (χ0n) is 18.8. The summed E-state index contributed by atoms with van der Waals surface area (Å²) in [5, 5.41) is 39.5. The number of aromatic nitrogens is 4. The van der Waals surface area contributed by atoms with E-state index in [2.05, 4.69) is 20.4 Å². The Bertz CT molecular complexity index is 1630. The molecule has 7 nitrogen and oxygen atoms in total. The van der Waals surface area contributed by atoms with Crippen molar-refractivity contribution in [3.63, 3.8) is 0 Å². The second kappa shape index (κ2) is 8.56. The van der Waals surface area contributed by atoms with Crippen molar-refractivity contribution in [1.29, 1.82) is 0 Å². The third-order valence-electron chi connectivity index (χ3n) is 6.09. The fourth-order valence-electron chi connectivity index (χ4n) is 4.32. The Morgan fingerprint density at radius 1 is 0.472 bits per heavy atom. The van der Waals surface area contributed by atoms with Crippen LogP contribution >= 0.6 is 0 Å². The van der Waals surface area contributed by atoms with Crippen LogP contribution in [0.5, 0.6) is 11.5 Å². The smallest absolute Gasteiger partial charge is 0.234 e. The van der Waals surface area contributed by atoms with E-state index in [0.717, 1.165) is 21.9 Å². The van der Waals surface area contributed by atoms with Gasteiger partial charge in [-0.15, -0.1) is 20.4 Å². The van der Waals surface area contributed by atoms with Gasteiger partial charge in [-0.2, -0.15) is 0 Å². The lowest BCUT2D eigenvalue weighted by Gasteiger charge is -2.11. The first-order valence-electron chi connectivity index (χ1n) is 11.2. The van der Waals surface area contributed by atoms with Crippen LogP contribution in [0.4, 0.5) is 0 Å². The van der Waals surface area contributed by atoms with Gasteiger partial charge in [0.2, 0.25) is 5.78 Å². The fourth-order valence-corrected chi connectivity index (χ4v) is 4.32. The van der Waals surface area contributed by atoms with Crippen LogP contribution in [0.3, 0.4) is 0 Å². The maximum atomic E-state index is 13.8. The molecule has 0 bridgehead atoms. The molecule has 0 aliphatic heterocycles. The van der Waals surface area contributed by atoms with Crippen molar-refractivity contribution >= 4 is 27.3 Å². The van der Waals surface area contributed by atoms with Gasteiger partial charge in [-0.1, -0.05) is 48.5 Å². The maximum absolute atomic E-state index is 13.8. The van der Waals surface area contributed by atoms with Crippen molar-refractivity contribution in [2.45, 2.75) is 0 Å². The van der Waals surface area contributed by atoms with Crippen LogP contribution in [-0.4, -0.2) is 36.4 Å². The first-order chi connectivity index (χ1) is 17.6. The molecule has 0 saturated heterocycles. The van der Waals surface area contributed by atoms with E-state index in [1.54, 1.807) is 48.5 Å². The molecule has 6 rings (SSSR count). The van der Waals surface area contributed by atoms with Gasteiger partial charge in [0.05, 0.1) is 0 Å². The van der Waals surface area contributed by atoms with Gasteiger partial charge in [-0.3, -0.25) is 4.79 Å². The molecule has 0 aliphatic rings. The zero-order chi connectivity index (χ0) is 24.6. The fraction of sp³-hybridized carbons (Fsp3) is 0. The average Bonchev–Trinajstić information content (AvgIpc) is 2.92. The predicted octanol–water partition coefficient (Wildman–Crippen LogP) is 5.55. The first kappa shape index (κ1) is 21.4. The van der Waals surface area contributed by atoms with E-state index in [4.69, 9.17) is 0 Å². The molecule has 2 heterocycles. The lowest BCUT2D eigenvalue weighted by molar-refractivity contribution is 0.103. The summed E-state index contributed by atoms with van der Waals surface area (Å²) in [6, 6.07) is 28.3. The summed E-state index contributed by atoms with van der Waals surface area (Å²) in [6.45, 7) is 0. The van der Waals surface area contributed by atoms with Gasteiger partial charge < -0.3 is 10.2 Å². The van der Waals surface area contributed by atoms with Crippen molar-refractivity contribution in [3.05, 3.63) is 108 Å². The summed E-state index contributed by atoms with van der Waals surface area (Å²) in [5.74, 6) is -0.0649. The average molecular weight is 470 g/mol. The molecule has 0 fully saturated rings. The Kier molecular flexibility index (Phi) is 5.08. The number of hydrogen-bond donors (Lipinski definition) is 2. The lowest BCUT2D eigenvalue weighted by Crippen LogP contribution is -2.11.